The van der Waals surface area contributed by atoms with Gasteiger partial charge in [-0.2, -0.15) is 0 Å². The van der Waals surface area contributed by atoms with Crippen LogP contribution >= 0.6 is 15.9 Å². The van der Waals surface area contributed by atoms with Crippen LogP contribution < -0.4 is 4.74 Å². The zero-order chi connectivity index (χ0) is 18.6. The van der Waals surface area contributed by atoms with Gasteiger partial charge in [-0.05, 0) is 53.0 Å². The molecule has 134 valence electrons. The summed E-state index contributed by atoms with van der Waals surface area (Å²) in [4.78, 5) is 12.6. The van der Waals surface area contributed by atoms with Gasteiger partial charge in [-0.3, -0.25) is 0 Å². The van der Waals surface area contributed by atoms with Crippen molar-refractivity contribution in [3.63, 3.8) is 0 Å². The number of halogens is 1. The van der Waals surface area contributed by atoms with Gasteiger partial charge in [-0.15, -0.1) is 0 Å². The Morgan fingerprint density at radius 2 is 1.84 bits per heavy atom. The maximum atomic E-state index is 12.8. The molecule has 2 aromatic rings. The molecule has 0 aliphatic heterocycles. The van der Waals surface area contributed by atoms with E-state index in [1.165, 1.54) is 7.11 Å². The van der Waals surface area contributed by atoms with Crippen LogP contribution in [0.15, 0.2) is 45.8 Å². The van der Waals surface area contributed by atoms with Crippen molar-refractivity contribution in [3.8, 4) is 5.75 Å². The molecule has 0 spiro atoms. The smallest absolute Gasteiger partial charge is 0.342 e. The molecule has 0 atom stereocenters. The third kappa shape index (κ3) is 4.22. The van der Waals surface area contributed by atoms with E-state index in [2.05, 4.69) is 15.9 Å². The Morgan fingerprint density at radius 1 is 1.16 bits per heavy atom. The lowest BCUT2D eigenvalue weighted by Crippen LogP contribution is -2.14. The number of carbonyl (C=O) groups excluding carboxylic acids is 1. The van der Waals surface area contributed by atoms with Crippen LogP contribution in [0, 0.1) is 6.92 Å². The molecular weight excluding hydrogens is 408 g/mol. The molecule has 0 heterocycles. The number of rotatable bonds is 6. The quantitative estimate of drug-likeness (QED) is 0.654. The first-order valence-electron chi connectivity index (χ1n) is 7.62. The molecule has 0 fully saturated rings. The topological polar surface area (TPSA) is 69.7 Å². The van der Waals surface area contributed by atoms with Gasteiger partial charge in [-0.25, -0.2) is 13.2 Å². The molecule has 0 bridgehead atoms. The van der Waals surface area contributed by atoms with Crippen molar-refractivity contribution in [1.29, 1.82) is 0 Å². The summed E-state index contributed by atoms with van der Waals surface area (Å²) >= 11 is 3.31. The van der Waals surface area contributed by atoms with Gasteiger partial charge in [0.25, 0.3) is 0 Å². The van der Waals surface area contributed by atoms with Crippen molar-refractivity contribution in [2.24, 2.45) is 0 Å². The average molecular weight is 427 g/mol. The molecule has 0 aliphatic rings. The highest BCUT2D eigenvalue weighted by atomic mass is 79.9. The van der Waals surface area contributed by atoms with Crippen molar-refractivity contribution in [2.75, 3.05) is 13.7 Å². The zero-order valence-electron chi connectivity index (χ0n) is 14.2. The van der Waals surface area contributed by atoms with E-state index in [4.69, 9.17) is 9.47 Å². The Hall–Kier alpha value is -1.86. The first kappa shape index (κ1) is 19.5. The summed E-state index contributed by atoms with van der Waals surface area (Å²) in [5.74, 6) is -0.679. The molecule has 0 amide bonds. The van der Waals surface area contributed by atoms with E-state index < -0.39 is 15.8 Å². The van der Waals surface area contributed by atoms with E-state index in [0.29, 0.717) is 15.6 Å². The fourth-order valence-corrected chi connectivity index (χ4v) is 4.68. The third-order valence-electron chi connectivity index (χ3n) is 3.65. The lowest BCUT2D eigenvalue weighted by molar-refractivity contribution is 0.0521. The number of ether oxygens (including phenoxy) is 2. The van der Waals surface area contributed by atoms with Crippen LogP contribution in [0.25, 0.3) is 0 Å². The summed E-state index contributed by atoms with van der Waals surface area (Å²) in [6, 6.07) is 10.0. The molecule has 5 nitrogen and oxygen atoms in total. The molecule has 0 aromatic heterocycles. The molecule has 2 aromatic carbocycles. The molecular formula is C18H19BrO5S. The first-order valence-corrected chi connectivity index (χ1v) is 10.1. The second-order valence-electron chi connectivity index (χ2n) is 5.36. The average Bonchev–Trinajstić information content (AvgIpc) is 2.56. The number of benzene rings is 2. The Labute approximate surface area is 156 Å². The van der Waals surface area contributed by atoms with Crippen LogP contribution in [0.2, 0.25) is 0 Å². The van der Waals surface area contributed by atoms with Crippen LogP contribution in [0.3, 0.4) is 0 Å². The minimum atomic E-state index is -3.63. The van der Waals surface area contributed by atoms with Crippen molar-refractivity contribution >= 4 is 31.7 Å². The van der Waals surface area contributed by atoms with E-state index >= 15 is 0 Å². The van der Waals surface area contributed by atoms with Crippen LogP contribution in [0.1, 0.15) is 28.4 Å². The van der Waals surface area contributed by atoms with Crippen molar-refractivity contribution in [3.05, 3.63) is 57.6 Å². The van der Waals surface area contributed by atoms with Gasteiger partial charge in [0.2, 0.25) is 0 Å². The SMILES string of the molecule is CCOC(=O)c1c(CS(=O)(=O)c2ccccc2C)ccc(Br)c1OC. The standard InChI is InChI=1S/C18H19BrO5S/c1-4-24-18(20)16-13(9-10-14(19)17(16)23-3)11-25(21,22)15-8-6-5-7-12(15)2/h5-10H,4,11H2,1-3H3. The minimum Gasteiger partial charge on any atom is -0.495 e. The van der Waals surface area contributed by atoms with Gasteiger partial charge < -0.3 is 9.47 Å². The third-order valence-corrected chi connectivity index (χ3v) is 6.10. The summed E-state index contributed by atoms with van der Waals surface area (Å²) in [5, 5.41) is 0. The lowest BCUT2D eigenvalue weighted by atomic mass is 10.1. The Morgan fingerprint density at radius 3 is 2.44 bits per heavy atom. The Balaban J connectivity index is 2.56. The molecule has 0 unspecified atom stereocenters. The zero-order valence-corrected chi connectivity index (χ0v) is 16.6. The predicted molar refractivity (Wildman–Crippen MR) is 98.7 cm³/mol. The largest absolute Gasteiger partial charge is 0.495 e. The second kappa shape index (κ2) is 8.01. The molecule has 7 heteroatoms. The highest BCUT2D eigenvalue weighted by Crippen LogP contribution is 2.34. The number of hydrogen-bond donors (Lipinski definition) is 0. The number of aryl methyl sites for hydroxylation is 1. The Bertz CT molecular complexity index is 890. The van der Waals surface area contributed by atoms with Gasteiger partial charge in [0.1, 0.15) is 11.3 Å². The summed E-state index contributed by atoms with van der Waals surface area (Å²) in [6.45, 7) is 3.60. The van der Waals surface area contributed by atoms with Crippen molar-refractivity contribution in [1.82, 2.24) is 0 Å². The van der Waals surface area contributed by atoms with Gasteiger partial charge >= 0.3 is 5.97 Å². The lowest BCUT2D eigenvalue weighted by Gasteiger charge is -2.15. The van der Waals surface area contributed by atoms with E-state index in [-0.39, 0.29) is 28.6 Å². The van der Waals surface area contributed by atoms with Crippen molar-refractivity contribution in [2.45, 2.75) is 24.5 Å². The van der Waals surface area contributed by atoms with Gasteiger partial charge in [-0.1, -0.05) is 24.3 Å². The summed E-state index contributed by atoms with van der Waals surface area (Å²) < 4.78 is 36.6. The van der Waals surface area contributed by atoms with Crippen LogP contribution in [0.4, 0.5) is 0 Å². The number of hydrogen-bond acceptors (Lipinski definition) is 5. The van der Waals surface area contributed by atoms with E-state index in [9.17, 15) is 13.2 Å². The summed E-state index contributed by atoms with van der Waals surface area (Å²) in [5.41, 5.74) is 1.11. The Kier molecular flexibility index (Phi) is 6.24. The molecule has 0 saturated heterocycles. The van der Waals surface area contributed by atoms with Gasteiger partial charge in [0, 0.05) is 0 Å². The maximum absolute atomic E-state index is 12.8. The number of esters is 1. The van der Waals surface area contributed by atoms with Crippen LogP contribution in [-0.4, -0.2) is 28.1 Å². The van der Waals surface area contributed by atoms with E-state index in [1.54, 1.807) is 50.2 Å². The molecule has 0 radical (unpaired) electrons. The number of carbonyl (C=O) groups is 1. The van der Waals surface area contributed by atoms with Crippen LogP contribution in [0.5, 0.6) is 5.75 Å². The molecule has 0 saturated carbocycles. The second-order valence-corrected chi connectivity index (χ2v) is 8.17. The highest BCUT2D eigenvalue weighted by molar-refractivity contribution is 9.10. The van der Waals surface area contributed by atoms with Gasteiger partial charge in [0.15, 0.2) is 9.84 Å². The molecule has 2 rings (SSSR count). The van der Waals surface area contributed by atoms with E-state index in [1.807, 2.05) is 0 Å². The monoisotopic (exact) mass is 426 g/mol. The van der Waals surface area contributed by atoms with E-state index in [0.717, 1.165) is 0 Å². The van der Waals surface area contributed by atoms with Crippen LogP contribution in [-0.2, 0) is 20.3 Å². The molecule has 25 heavy (non-hydrogen) atoms. The molecule has 0 N–H and O–H groups in total. The first-order chi connectivity index (χ1) is 11.8. The molecule has 0 aliphatic carbocycles. The number of sulfone groups is 1. The maximum Gasteiger partial charge on any atom is 0.342 e. The number of methoxy groups -OCH3 is 1. The minimum absolute atomic E-state index is 0.121. The normalized spacial score (nSPS) is 11.2. The summed E-state index contributed by atoms with van der Waals surface area (Å²) in [7, 11) is -2.21. The fourth-order valence-electron chi connectivity index (χ4n) is 2.53. The predicted octanol–water partition coefficient (Wildman–Crippen LogP) is 3.92. The fraction of sp³-hybridized carbons (Fsp3) is 0.278. The summed E-state index contributed by atoms with van der Waals surface area (Å²) in [6.07, 6.45) is 0. The van der Waals surface area contributed by atoms with Gasteiger partial charge in [0.05, 0.1) is 28.8 Å². The van der Waals surface area contributed by atoms with Crippen molar-refractivity contribution < 1.29 is 22.7 Å². The highest BCUT2D eigenvalue weighted by Gasteiger charge is 2.26.